The van der Waals surface area contributed by atoms with Gasteiger partial charge in [0.05, 0.1) is 12.9 Å². The van der Waals surface area contributed by atoms with Crippen molar-refractivity contribution >= 4 is 17.6 Å². The Morgan fingerprint density at radius 3 is 2.80 bits per heavy atom. The Labute approximate surface area is 152 Å². The molecule has 3 rings (SSSR count). The molecule has 0 radical (unpaired) electrons. The van der Waals surface area contributed by atoms with Crippen LogP contribution in [-0.4, -0.2) is 58.0 Å². The maximum Gasteiger partial charge on any atom is 0.324 e. The van der Waals surface area contributed by atoms with E-state index in [1.54, 1.807) is 12.5 Å². The maximum absolute atomic E-state index is 12.4. The van der Waals surface area contributed by atoms with E-state index < -0.39 is 0 Å². The van der Waals surface area contributed by atoms with E-state index in [0.29, 0.717) is 19.7 Å². The highest BCUT2D eigenvalue weighted by molar-refractivity contribution is 6.30. The van der Waals surface area contributed by atoms with E-state index in [-0.39, 0.29) is 12.0 Å². The number of rotatable bonds is 6. The zero-order valence-corrected chi connectivity index (χ0v) is 15.1. The highest BCUT2D eigenvalue weighted by atomic mass is 35.5. The minimum absolute atomic E-state index is 0.164. The SMILES string of the molecule is CCOC(=O)C1CN(Cc2ccc(Cl)cc2)CCN1Cc1cnc[nH]1. The standard InChI is InChI=1S/C18H23ClN4O2/c1-2-25-18(24)17-12-22(10-14-3-5-15(19)6-4-14)7-8-23(17)11-16-9-20-13-21-16/h3-6,9,13,17H,2,7-8,10-12H2,1H3,(H,20,21). The molecule has 1 unspecified atom stereocenters. The molecule has 1 aliphatic heterocycles. The van der Waals surface area contributed by atoms with Gasteiger partial charge in [0.15, 0.2) is 0 Å². The molecule has 0 amide bonds. The molecule has 1 atom stereocenters. The molecular formula is C18H23ClN4O2. The molecule has 1 fully saturated rings. The number of nitrogens with zero attached hydrogens (tertiary/aromatic N) is 3. The minimum atomic E-state index is -0.274. The van der Waals surface area contributed by atoms with Gasteiger partial charge in [-0.3, -0.25) is 14.6 Å². The molecular weight excluding hydrogens is 340 g/mol. The van der Waals surface area contributed by atoms with Gasteiger partial charge in [-0.2, -0.15) is 0 Å². The van der Waals surface area contributed by atoms with E-state index in [1.165, 1.54) is 5.56 Å². The van der Waals surface area contributed by atoms with Crippen molar-refractivity contribution in [3.63, 3.8) is 0 Å². The summed E-state index contributed by atoms with van der Waals surface area (Å²) in [4.78, 5) is 24.0. The van der Waals surface area contributed by atoms with Crippen molar-refractivity contribution in [2.75, 3.05) is 26.2 Å². The van der Waals surface area contributed by atoms with Crippen LogP contribution >= 0.6 is 11.6 Å². The highest BCUT2D eigenvalue weighted by Gasteiger charge is 2.33. The Kier molecular flexibility index (Phi) is 6.07. The average Bonchev–Trinajstić information content (AvgIpc) is 3.11. The summed E-state index contributed by atoms with van der Waals surface area (Å²) in [5.41, 5.74) is 2.19. The lowest BCUT2D eigenvalue weighted by molar-refractivity contribution is -0.152. The number of ether oxygens (including phenoxy) is 1. The lowest BCUT2D eigenvalue weighted by Crippen LogP contribution is -2.56. The van der Waals surface area contributed by atoms with Gasteiger partial charge in [-0.1, -0.05) is 23.7 Å². The summed E-state index contributed by atoms with van der Waals surface area (Å²) in [5, 5.41) is 0.734. The molecule has 7 heteroatoms. The van der Waals surface area contributed by atoms with Crippen molar-refractivity contribution in [3.8, 4) is 0 Å². The first kappa shape index (κ1) is 17.9. The number of H-pyrrole nitrogens is 1. The summed E-state index contributed by atoms with van der Waals surface area (Å²) in [6, 6.07) is 7.57. The summed E-state index contributed by atoms with van der Waals surface area (Å²) in [7, 11) is 0. The number of aromatic nitrogens is 2. The molecule has 1 aromatic heterocycles. The fraction of sp³-hybridized carbons (Fsp3) is 0.444. The van der Waals surface area contributed by atoms with Crippen LogP contribution in [0.25, 0.3) is 0 Å². The van der Waals surface area contributed by atoms with Gasteiger partial charge in [-0.05, 0) is 24.6 Å². The lowest BCUT2D eigenvalue weighted by atomic mass is 10.1. The summed E-state index contributed by atoms with van der Waals surface area (Å²) >= 11 is 5.95. The number of benzene rings is 1. The lowest BCUT2D eigenvalue weighted by Gasteiger charge is -2.39. The molecule has 0 spiro atoms. The van der Waals surface area contributed by atoms with Gasteiger partial charge in [0.1, 0.15) is 6.04 Å². The fourth-order valence-corrected chi connectivity index (χ4v) is 3.24. The first-order chi connectivity index (χ1) is 12.2. The van der Waals surface area contributed by atoms with Crippen molar-refractivity contribution in [3.05, 3.63) is 53.1 Å². The number of piperazine rings is 1. The Morgan fingerprint density at radius 2 is 2.12 bits per heavy atom. The predicted octanol–water partition coefficient (Wildman–Crippen LogP) is 2.31. The van der Waals surface area contributed by atoms with E-state index >= 15 is 0 Å². The van der Waals surface area contributed by atoms with Gasteiger partial charge in [0.2, 0.25) is 0 Å². The first-order valence-corrected chi connectivity index (χ1v) is 8.88. The molecule has 1 aliphatic rings. The highest BCUT2D eigenvalue weighted by Crippen LogP contribution is 2.18. The normalized spacial score (nSPS) is 19.0. The Hall–Kier alpha value is -1.89. The van der Waals surface area contributed by atoms with Crippen LogP contribution in [0.15, 0.2) is 36.8 Å². The third kappa shape index (κ3) is 4.81. The number of imidazole rings is 1. The molecule has 0 bridgehead atoms. The molecule has 0 saturated carbocycles. The number of halogens is 1. The molecule has 2 aromatic rings. The van der Waals surface area contributed by atoms with Crippen LogP contribution in [0, 0.1) is 0 Å². The quantitative estimate of drug-likeness (QED) is 0.799. The third-order valence-corrected chi connectivity index (χ3v) is 4.63. The number of hydrogen-bond donors (Lipinski definition) is 1. The van der Waals surface area contributed by atoms with Gasteiger partial charge in [-0.15, -0.1) is 0 Å². The van der Waals surface area contributed by atoms with E-state index in [9.17, 15) is 4.79 Å². The van der Waals surface area contributed by atoms with E-state index in [1.807, 2.05) is 31.2 Å². The van der Waals surface area contributed by atoms with Crippen molar-refractivity contribution in [1.82, 2.24) is 19.8 Å². The van der Waals surface area contributed by atoms with Gasteiger partial charge in [-0.25, -0.2) is 4.98 Å². The molecule has 2 heterocycles. The van der Waals surface area contributed by atoms with Gasteiger partial charge >= 0.3 is 5.97 Å². The topological polar surface area (TPSA) is 61.5 Å². The molecule has 1 N–H and O–H groups in total. The van der Waals surface area contributed by atoms with E-state index in [2.05, 4.69) is 19.8 Å². The van der Waals surface area contributed by atoms with Crippen LogP contribution in [0.2, 0.25) is 5.02 Å². The monoisotopic (exact) mass is 362 g/mol. The number of carbonyl (C=O) groups excluding carboxylic acids is 1. The van der Waals surface area contributed by atoms with Crippen LogP contribution in [0.3, 0.4) is 0 Å². The molecule has 0 aliphatic carbocycles. The van der Waals surface area contributed by atoms with Crippen LogP contribution in [0.5, 0.6) is 0 Å². The molecule has 1 aromatic carbocycles. The summed E-state index contributed by atoms with van der Waals surface area (Å²) in [6.45, 7) is 6.04. The van der Waals surface area contributed by atoms with Gasteiger partial charge < -0.3 is 9.72 Å². The largest absolute Gasteiger partial charge is 0.465 e. The molecule has 134 valence electrons. The number of carbonyl (C=O) groups is 1. The van der Waals surface area contributed by atoms with Gasteiger partial charge in [0, 0.05) is 49.6 Å². The number of hydrogen-bond acceptors (Lipinski definition) is 5. The second-order valence-corrected chi connectivity index (χ2v) is 6.61. The zero-order chi connectivity index (χ0) is 17.6. The molecule has 25 heavy (non-hydrogen) atoms. The summed E-state index contributed by atoms with van der Waals surface area (Å²) < 4.78 is 5.29. The van der Waals surface area contributed by atoms with E-state index in [4.69, 9.17) is 16.3 Å². The number of aromatic amines is 1. The third-order valence-electron chi connectivity index (χ3n) is 4.38. The average molecular weight is 363 g/mol. The Balaban J connectivity index is 1.67. The van der Waals surface area contributed by atoms with Gasteiger partial charge in [0.25, 0.3) is 0 Å². The smallest absolute Gasteiger partial charge is 0.324 e. The van der Waals surface area contributed by atoms with Crippen molar-refractivity contribution in [2.24, 2.45) is 0 Å². The summed E-state index contributed by atoms with van der Waals surface area (Å²) in [5.74, 6) is -0.164. The number of nitrogens with one attached hydrogen (secondary N) is 1. The minimum Gasteiger partial charge on any atom is -0.465 e. The van der Waals surface area contributed by atoms with Crippen LogP contribution < -0.4 is 0 Å². The maximum atomic E-state index is 12.4. The predicted molar refractivity (Wildman–Crippen MR) is 96.1 cm³/mol. The van der Waals surface area contributed by atoms with Crippen LogP contribution in [0.1, 0.15) is 18.2 Å². The number of esters is 1. The van der Waals surface area contributed by atoms with Crippen LogP contribution in [-0.2, 0) is 22.6 Å². The Bertz CT molecular complexity index is 675. The van der Waals surface area contributed by atoms with Crippen molar-refractivity contribution in [1.29, 1.82) is 0 Å². The molecule has 6 nitrogen and oxygen atoms in total. The summed E-state index contributed by atoms with van der Waals surface area (Å²) in [6.07, 6.45) is 3.45. The first-order valence-electron chi connectivity index (χ1n) is 8.50. The fourth-order valence-electron chi connectivity index (χ4n) is 3.11. The second-order valence-electron chi connectivity index (χ2n) is 6.18. The zero-order valence-electron chi connectivity index (χ0n) is 14.3. The van der Waals surface area contributed by atoms with Crippen molar-refractivity contribution in [2.45, 2.75) is 26.1 Å². The van der Waals surface area contributed by atoms with Crippen molar-refractivity contribution < 1.29 is 9.53 Å². The Morgan fingerprint density at radius 1 is 1.32 bits per heavy atom. The van der Waals surface area contributed by atoms with Crippen LogP contribution in [0.4, 0.5) is 0 Å². The second kappa shape index (κ2) is 8.47. The molecule has 1 saturated heterocycles. The van der Waals surface area contributed by atoms with E-state index in [0.717, 1.165) is 30.4 Å².